The molecule has 33 heavy (non-hydrogen) atoms. The Morgan fingerprint density at radius 2 is 1.79 bits per heavy atom. The standard InChI is InChI=1S/C24H21FN2O5S/c1-13-20(23(29)32-4)21(15-7-10-17(30-2)18(12-15)31-3)27-22(28)19(33-24(27)26-13)11-14-5-8-16(25)9-6-14/h5-12,21H,1-4H3/b19-11+. The first-order valence-electron chi connectivity index (χ1n) is 9.96. The van der Waals surface area contributed by atoms with E-state index in [-0.39, 0.29) is 16.9 Å². The molecule has 9 heteroatoms. The summed E-state index contributed by atoms with van der Waals surface area (Å²) >= 11 is 1.19. The second-order valence-corrected chi connectivity index (χ2v) is 8.25. The Kier molecular flexibility index (Phi) is 6.15. The van der Waals surface area contributed by atoms with Crippen molar-refractivity contribution in [1.82, 2.24) is 4.57 Å². The van der Waals surface area contributed by atoms with Crippen molar-refractivity contribution >= 4 is 23.4 Å². The van der Waals surface area contributed by atoms with E-state index in [0.717, 1.165) is 0 Å². The van der Waals surface area contributed by atoms with Crippen molar-refractivity contribution in [3.8, 4) is 11.5 Å². The average molecular weight is 469 g/mol. The normalized spacial score (nSPS) is 15.7. The predicted octanol–water partition coefficient (Wildman–Crippen LogP) is 2.56. The first-order valence-corrected chi connectivity index (χ1v) is 10.8. The predicted molar refractivity (Wildman–Crippen MR) is 122 cm³/mol. The quantitative estimate of drug-likeness (QED) is 0.538. The highest BCUT2D eigenvalue weighted by molar-refractivity contribution is 7.07. The lowest BCUT2D eigenvalue weighted by molar-refractivity contribution is -0.136. The molecule has 2 heterocycles. The van der Waals surface area contributed by atoms with E-state index in [1.807, 2.05) is 0 Å². The fourth-order valence-electron chi connectivity index (χ4n) is 3.74. The van der Waals surface area contributed by atoms with Crippen LogP contribution in [0.2, 0.25) is 0 Å². The monoisotopic (exact) mass is 468 g/mol. The molecule has 0 radical (unpaired) electrons. The van der Waals surface area contributed by atoms with Crippen molar-refractivity contribution < 1.29 is 23.4 Å². The number of carbonyl (C=O) groups is 1. The number of hydrogen-bond acceptors (Lipinski definition) is 7. The molecule has 0 bridgehead atoms. The van der Waals surface area contributed by atoms with Gasteiger partial charge in [0.2, 0.25) is 0 Å². The maximum Gasteiger partial charge on any atom is 0.338 e. The number of aromatic nitrogens is 1. The molecule has 1 aliphatic rings. The van der Waals surface area contributed by atoms with E-state index < -0.39 is 12.0 Å². The average Bonchev–Trinajstić information content (AvgIpc) is 3.13. The zero-order valence-corrected chi connectivity index (χ0v) is 19.2. The van der Waals surface area contributed by atoms with Crippen LogP contribution in [0.5, 0.6) is 11.5 Å². The Morgan fingerprint density at radius 3 is 2.42 bits per heavy atom. The summed E-state index contributed by atoms with van der Waals surface area (Å²) in [6.45, 7) is 1.71. The molecule has 170 valence electrons. The number of hydrogen-bond donors (Lipinski definition) is 0. The van der Waals surface area contributed by atoms with E-state index >= 15 is 0 Å². The fraction of sp³-hybridized carbons (Fsp3) is 0.208. The zero-order valence-electron chi connectivity index (χ0n) is 18.4. The largest absolute Gasteiger partial charge is 0.493 e. The minimum Gasteiger partial charge on any atom is -0.493 e. The van der Waals surface area contributed by atoms with Gasteiger partial charge in [-0.2, -0.15) is 0 Å². The third-order valence-corrected chi connectivity index (χ3v) is 6.30. The van der Waals surface area contributed by atoms with Gasteiger partial charge in [0.15, 0.2) is 16.3 Å². The van der Waals surface area contributed by atoms with Crippen LogP contribution >= 0.6 is 11.3 Å². The highest BCUT2D eigenvalue weighted by atomic mass is 32.1. The molecule has 0 N–H and O–H groups in total. The van der Waals surface area contributed by atoms with Crippen LogP contribution in [0.3, 0.4) is 0 Å². The fourth-order valence-corrected chi connectivity index (χ4v) is 4.79. The number of carbonyl (C=O) groups excluding carboxylic acids is 1. The van der Waals surface area contributed by atoms with E-state index in [1.165, 1.54) is 49.4 Å². The van der Waals surface area contributed by atoms with Gasteiger partial charge in [-0.15, -0.1) is 0 Å². The minimum absolute atomic E-state index is 0.255. The molecular formula is C24H21FN2O5S. The van der Waals surface area contributed by atoms with Crippen LogP contribution in [-0.4, -0.2) is 31.9 Å². The van der Waals surface area contributed by atoms with Gasteiger partial charge in [-0.1, -0.05) is 29.5 Å². The summed E-state index contributed by atoms with van der Waals surface area (Å²) < 4.78 is 30.9. The maximum atomic E-state index is 13.5. The summed E-state index contributed by atoms with van der Waals surface area (Å²) in [7, 11) is 4.33. The molecule has 1 atom stereocenters. The first kappa shape index (κ1) is 22.5. The van der Waals surface area contributed by atoms with Crippen molar-refractivity contribution in [2.75, 3.05) is 21.3 Å². The number of rotatable bonds is 5. The van der Waals surface area contributed by atoms with E-state index in [1.54, 1.807) is 43.3 Å². The molecule has 1 aliphatic heterocycles. The van der Waals surface area contributed by atoms with Crippen LogP contribution in [0.25, 0.3) is 6.08 Å². The van der Waals surface area contributed by atoms with E-state index in [9.17, 15) is 14.0 Å². The highest BCUT2D eigenvalue weighted by Crippen LogP contribution is 2.35. The molecule has 0 fully saturated rings. The number of esters is 1. The molecule has 7 nitrogen and oxygen atoms in total. The Balaban J connectivity index is 1.97. The summed E-state index contributed by atoms with van der Waals surface area (Å²) in [6, 6.07) is 10.3. The molecule has 4 rings (SSSR count). The number of halogens is 1. The Hall–Kier alpha value is -3.72. The van der Waals surface area contributed by atoms with Crippen LogP contribution < -0.4 is 24.4 Å². The van der Waals surface area contributed by atoms with Gasteiger partial charge in [0, 0.05) is 0 Å². The van der Waals surface area contributed by atoms with Crippen molar-refractivity contribution in [3.63, 3.8) is 0 Å². The molecule has 3 aromatic rings. The van der Waals surface area contributed by atoms with E-state index in [4.69, 9.17) is 14.2 Å². The van der Waals surface area contributed by atoms with Crippen LogP contribution in [0.1, 0.15) is 24.1 Å². The summed E-state index contributed by atoms with van der Waals surface area (Å²) in [5.74, 6) is 0.0388. The van der Waals surface area contributed by atoms with Crippen LogP contribution in [-0.2, 0) is 9.53 Å². The number of allylic oxidation sites excluding steroid dienone is 1. The number of thiazole rings is 1. The lowest BCUT2D eigenvalue weighted by Gasteiger charge is -2.25. The number of methoxy groups -OCH3 is 3. The molecule has 0 amide bonds. The lowest BCUT2D eigenvalue weighted by Crippen LogP contribution is -2.39. The Bertz CT molecular complexity index is 1440. The number of nitrogens with zero attached hydrogens (tertiary/aromatic N) is 2. The molecule has 2 aromatic carbocycles. The molecule has 0 spiro atoms. The van der Waals surface area contributed by atoms with Crippen molar-refractivity contribution in [2.45, 2.75) is 13.0 Å². The van der Waals surface area contributed by atoms with E-state index in [2.05, 4.69) is 4.99 Å². The van der Waals surface area contributed by atoms with Crippen molar-refractivity contribution in [3.05, 3.63) is 90.4 Å². The number of benzene rings is 2. The summed E-state index contributed by atoms with van der Waals surface area (Å²) in [4.78, 5) is 31.2. The van der Waals surface area contributed by atoms with Gasteiger partial charge in [-0.05, 0) is 48.4 Å². The maximum absolute atomic E-state index is 13.5. The van der Waals surface area contributed by atoms with Crippen molar-refractivity contribution in [2.24, 2.45) is 4.99 Å². The summed E-state index contributed by atoms with van der Waals surface area (Å²) in [5, 5.41) is 0. The number of ether oxygens (including phenoxy) is 3. The molecule has 1 unspecified atom stereocenters. The van der Waals surface area contributed by atoms with Gasteiger partial charge in [-0.25, -0.2) is 14.2 Å². The lowest BCUT2D eigenvalue weighted by atomic mass is 9.95. The Labute approximate surface area is 192 Å². The summed E-state index contributed by atoms with van der Waals surface area (Å²) in [5.41, 5.74) is 1.70. The van der Waals surface area contributed by atoms with Crippen LogP contribution in [0.15, 0.2) is 63.5 Å². The van der Waals surface area contributed by atoms with Gasteiger partial charge < -0.3 is 14.2 Å². The molecule has 0 saturated heterocycles. The molecular weight excluding hydrogens is 447 g/mol. The van der Waals surface area contributed by atoms with Gasteiger partial charge in [-0.3, -0.25) is 9.36 Å². The number of fused-ring (bicyclic) bond motifs is 1. The zero-order chi connectivity index (χ0) is 23.7. The van der Waals surface area contributed by atoms with Crippen molar-refractivity contribution in [1.29, 1.82) is 0 Å². The third-order valence-electron chi connectivity index (χ3n) is 5.32. The molecule has 0 aliphatic carbocycles. The van der Waals surface area contributed by atoms with Gasteiger partial charge >= 0.3 is 5.97 Å². The first-order chi connectivity index (χ1) is 15.9. The second kappa shape index (κ2) is 9.03. The van der Waals surface area contributed by atoms with Gasteiger partial charge in [0.25, 0.3) is 5.56 Å². The van der Waals surface area contributed by atoms with Crippen LogP contribution in [0.4, 0.5) is 4.39 Å². The van der Waals surface area contributed by atoms with E-state index in [0.29, 0.717) is 37.7 Å². The van der Waals surface area contributed by atoms with Crippen LogP contribution in [0, 0.1) is 5.82 Å². The van der Waals surface area contributed by atoms with Gasteiger partial charge in [0.05, 0.1) is 43.2 Å². The summed E-state index contributed by atoms with van der Waals surface area (Å²) in [6.07, 6.45) is 1.67. The molecule has 1 aromatic heterocycles. The highest BCUT2D eigenvalue weighted by Gasteiger charge is 2.33. The topological polar surface area (TPSA) is 79.1 Å². The third kappa shape index (κ3) is 4.07. The SMILES string of the molecule is COC(=O)C1=C(C)N=c2s/c(=C/c3ccc(F)cc3)c(=O)n2C1c1ccc(OC)c(OC)c1. The Morgan fingerprint density at radius 1 is 1.09 bits per heavy atom. The second-order valence-electron chi connectivity index (χ2n) is 7.24. The molecule has 0 saturated carbocycles. The smallest absolute Gasteiger partial charge is 0.338 e. The minimum atomic E-state index is -0.774. The van der Waals surface area contributed by atoms with Gasteiger partial charge in [0.1, 0.15) is 5.82 Å².